The number of thiocarbonyl (C=S) groups is 1. The Labute approximate surface area is 118 Å². The highest BCUT2D eigenvalue weighted by atomic mass is 35.5. The minimum absolute atomic E-state index is 0.171. The van der Waals surface area contributed by atoms with Gasteiger partial charge < -0.3 is 5.32 Å². The second-order valence-electron chi connectivity index (χ2n) is 3.77. The van der Waals surface area contributed by atoms with Gasteiger partial charge in [-0.05, 0) is 18.2 Å². The summed E-state index contributed by atoms with van der Waals surface area (Å²) >= 11 is 12.2. The average molecular weight is 314 g/mol. The van der Waals surface area contributed by atoms with E-state index in [-0.39, 0.29) is 16.0 Å². The first-order chi connectivity index (χ1) is 8.20. The van der Waals surface area contributed by atoms with E-state index >= 15 is 0 Å². The van der Waals surface area contributed by atoms with Crippen LogP contribution in [-0.4, -0.2) is 9.57 Å². The summed E-state index contributed by atoms with van der Waals surface area (Å²) in [7, 11) is 0. The Morgan fingerprint density at radius 3 is 2.50 bits per heavy atom. The van der Waals surface area contributed by atoms with E-state index in [4.69, 9.17) is 23.8 Å². The Morgan fingerprint density at radius 2 is 2.00 bits per heavy atom. The molecule has 0 bridgehead atoms. The molecule has 0 radical (unpaired) electrons. The molecule has 1 N–H and O–H groups in total. The lowest BCUT2D eigenvalue weighted by atomic mass is 10.2. The van der Waals surface area contributed by atoms with E-state index in [0.29, 0.717) is 4.32 Å². The molecule has 0 aromatic heterocycles. The Hall–Kier alpha value is -0.460. The summed E-state index contributed by atoms with van der Waals surface area (Å²) in [5, 5.41) is 3.16. The fourth-order valence-corrected chi connectivity index (χ4v) is 2.60. The van der Waals surface area contributed by atoms with Crippen LogP contribution in [0.3, 0.4) is 0 Å². The zero-order valence-electron chi connectivity index (χ0n) is 9.64. The minimum Gasteiger partial charge on any atom is -0.340 e. The molecule has 0 aliphatic heterocycles. The fraction of sp³-hybridized carbons (Fsp3) is 0.364. The Balaban J connectivity index is 2.92. The molecule has 0 spiro atoms. The maximum absolute atomic E-state index is 12.5. The van der Waals surface area contributed by atoms with Crippen molar-refractivity contribution in [3.05, 3.63) is 28.8 Å². The molecule has 7 heteroatoms. The van der Waals surface area contributed by atoms with Crippen LogP contribution in [0.15, 0.2) is 18.2 Å². The summed E-state index contributed by atoms with van der Waals surface area (Å²) in [6, 6.07) is 3.09. The highest BCUT2D eigenvalue weighted by molar-refractivity contribution is 8.23. The molecule has 100 valence electrons. The maximum Gasteiger partial charge on any atom is 0.416 e. The van der Waals surface area contributed by atoms with Gasteiger partial charge >= 0.3 is 6.18 Å². The highest BCUT2D eigenvalue weighted by Crippen LogP contribution is 2.34. The van der Waals surface area contributed by atoms with Gasteiger partial charge in [0.25, 0.3) is 0 Å². The van der Waals surface area contributed by atoms with Crippen LogP contribution < -0.4 is 5.32 Å². The Bertz CT molecular complexity index is 446. The van der Waals surface area contributed by atoms with E-state index in [2.05, 4.69) is 5.32 Å². The number of hydrogen-bond donors (Lipinski definition) is 1. The van der Waals surface area contributed by atoms with Crippen molar-refractivity contribution in [2.75, 3.05) is 5.32 Å². The molecule has 0 heterocycles. The van der Waals surface area contributed by atoms with E-state index in [1.807, 2.05) is 13.8 Å². The van der Waals surface area contributed by atoms with Gasteiger partial charge in [-0.2, -0.15) is 13.2 Å². The number of thioether (sulfide) groups is 1. The number of alkyl halides is 3. The normalized spacial score (nSPS) is 11.7. The predicted molar refractivity (Wildman–Crippen MR) is 75.4 cm³/mol. The lowest BCUT2D eigenvalue weighted by Crippen LogP contribution is -2.10. The quantitative estimate of drug-likeness (QED) is 0.754. The van der Waals surface area contributed by atoms with Gasteiger partial charge in [0, 0.05) is 5.25 Å². The second-order valence-corrected chi connectivity index (χ2v) is 6.43. The zero-order valence-corrected chi connectivity index (χ0v) is 12.0. The average Bonchev–Trinajstić information content (AvgIpc) is 2.18. The molecule has 0 aliphatic carbocycles. The van der Waals surface area contributed by atoms with Gasteiger partial charge in [0.05, 0.1) is 16.3 Å². The van der Waals surface area contributed by atoms with Crippen LogP contribution in [0.4, 0.5) is 18.9 Å². The standard InChI is InChI=1S/C11H11ClF3NS2/c1-6(2)18-10(17)16-9-5-7(11(13,14)15)3-4-8(9)12/h3-6H,1-2H3,(H,16,17). The first-order valence-corrected chi connectivity index (χ1v) is 6.71. The molecular weight excluding hydrogens is 303 g/mol. The number of benzene rings is 1. The van der Waals surface area contributed by atoms with Crippen LogP contribution in [-0.2, 0) is 6.18 Å². The zero-order chi connectivity index (χ0) is 13.9. The predicted octanol–water partition coefficient (Wildman–Crippen LogP) is 5.20. The Morgan fingerprint density at radius 1 is 1.39 bits per heavy atom. The Kier molecular flexibility index (Phi) is 5.31. The van der Waals surface area contributed by atoms with Crippen LogP contribution in [0.5, 0.6) is 0 Å². The molecule has 0 amide bonds. The summed E-state index contributed by atoms with van der Waals surface area (Å²) in [5.41, 5.74) is -0.587. The van der Waals surface area contributed by atoms with Crippen molar-refractivity contribution in [1.82, 2.24) is 0 Å². The van der Waals surface area contributed by atoms with Crippen molar-refractivity contribution < 1.29 is 13.2 Å². The lowest BCUT2D eigenvalue weighted by molar-refractivity contribution is -0.137. The minimum atomic E-state index is -4.40. The van der Waals surface area contributed by atoms with Gasteiger partial charge in [-0.15, -0.1) is 0 Å². The number of rotatable bonds is 2. The maximum atomic E-state index is 12.5. The SMILES string of the molecule is CC(C)SC(=S)Nc1cc(C(F)(F)F)ccc1Cl. The third-order valence-electron chi connectivity index (χ3n) is 1.87. The van der Waals surface area contributed by atoms with Crippen molar-refractivity contribution in [2.24, 2.45) is 0 Å². The summed E-state index contributed by atoms with van der Waals surface area (Å²) in [4.78, 5) is 0. The van der Waals surface area contributed by atoms with Crippen molar-refractivity contribution >= 4 is 45.6 Å². The summed E-state index contributed by atoms with van der Waals surface area (Å²) in [6.07, 6.45) is -4.40. The number of anilines is 1. The first-order valence-electron chi connectivity index (χ1n) is 5.04. The number of halogens is 4. The third kappa shape index (κ3) is 4.66. The molecule has 18 heavy (non-hydrogen) atoms. The van der Waals surface area contributed by atoms with Crippen LogP contribution in [0, 0.1) is 0 Å². The molecule has 0 saturated carbocycles. The molecule has 1 aromatic rings. The van der Waals surface area contributed by atoms with Crippen LogP contribution in [0.25, 0.3) is 0 Å². The van der Waals surface area contributed by atoms with Gasteiger partial charge in [0.2, 0.25) is 0 Å². The van der Waals surface area contributed by atoms with Crippen LogP contribution >= 0.6 is 35.6 Å². The van der Waals surface area contributed by atoms with Crippen molar-refractivity contribution in [3.63, 3.8) is 0 Å². The molecule has 0 aliphatic rings. The number of nitrogens with one attached hydrogen (secondary N) is 1. The van der Waals surface area contributed by atoms with Gasteiger partial charge in [-0.1, -0.05) is 49.4 Å². The van der Waals surface area contributed by atoms with E-state index < -0.39 is 11.7 Å². The van der Waals surface area contributed by atoms with E-state index in [1.54, 1.807) is 0 Å². The molecule has 0 saturated heterocycles. The van der Waals surface area contributed by atoms with Gasteiger partial charge in [-0.25, -0.2) is 0 Å². The van der Waals surface area contributed by atoms with Crippen LogP contribution in [0.1, 0.15) is 19.4 Å². The molecular formula is C11H11ClF3NS2. The molecule has 1 aromatic carbocycles. The van der Waals surface area contributed by atoms with E-state index in [9.17, 15) is 13.2 Å². The van der Waals surface area contributed by atoms with E-state index in [0.717, 1.165) is 12.1 Å². The van der Waals surface area contributed by atoms with E-state index in [1.165, 1.54) is 17.8 Å². The number of hydrogen-bond acceptors (Lipinski definition) is 2. The smallest absolute Gasteiger partial charge is 0.340 e. The van der Waals surface area contributed by atoms with Gasteiger partial charge in [-0.3, -0.25) is 0 Å². The molecule has 1 nitrogen and oxygen atoms in total. The molecule has 1 rings (SSSR count). The lowest BCUT2D eigenvalue weighted by Gasteiger charge is -2.13. The fourth-order valence-electron chi connectivity index (χ4n) is 1.15. The van der Waals surface area contributed by atoms with Crippen molar-refractivity contribution in [1.29, 1.82) is 0 Å². The highest BCUT2D eigenvalue weighted by Gasteiger charge is 2.31. The summed E-state index contributed by atoms with van der Waals surface area (Å²) in [5.74, 6) is 0. The summed E-state index contributed by atoms with van der Waals surface area (Å²) < 4.78 is 38.0. The topological polar surface area (TPSA) is 12.0 Å². The van der Waals surface area contributed by atoms with Crippen LogP contribution in [0.2, 0.25) is 5.02 Å². The molecule has 0 atom stereocenters. The second kappa shape index (κ2) is 6.12. The molecule has 0 fully saturated rings. The largest absolute Gasteiger partial charge is 0.416 e. The monoisotopic (exact) mass is 313 g/mol. The first kappa shape index (κ1) is 15.6. The van der Waals surface area contributed by atoms with Gasteiger partial charge in [0.1, 0.15) is 4.32 Å². The van der Waals surface area contributed by atoms with Crippen molar-refractivity contribution in [2.45, 2.75) is 25.3 Å². The van der Waals surface area contributed by atoms with Crippen molar-refractivity contribution in [3.8, 4) is 0 Å². The van der Waals surface area contributed by atoms with Gasteiger partial charge in [0.15, 0.2) is 0 Å². The molecule has 0 unspecified atom stereocenters. The third-order valence-corrected chi connectivity index (χ3v) is 3.38. The summed E-state index contributed by atoms with van der Waals surface area (Å²) in [6.45, 7) is 3.87.